The molecule has 3 aromatic rings. The number of aromatic amines is 1. The predicted octanol–water partition coefficient (Wildman–Crippen LogP) is 3.57. The minimum atomic E-state index is -5.04. The minimum Gasteiger partial charge on any atom is -0.380 e. The molecule has 0 amide bonds. The average Bonchev–Trinajstić information content (AvgIpc) is 3.06. The Kier molecular flexibility index (Phi) is 6.42. The number of pyridine rings is 1. The molecule has 0 saturated heterocycles. The van der Waals surface area contributed by atoms with E-state index in [-0.39, 0.29) is 21.2 Å². The van der Waals surface area contributed by atoms with E-state index in [0.717, 1.165) is 12.5 Å². The number of fused-ring (bicyclic) bond motifs is 1. The van der Waals surface area contributed by atoms with Crippen LogP contribution in [0.25, 0.3) is 10.9 Å². The van der Waals surface area contributed by atoms with Crippen molar-refractivity contribution in [2.24, 2.45) is 0 Å². The number of aromatic nitrogens is 2. The van der Waals surface area contributed by atoms with Gasteiger partial charge in [0, 0.05) is 30.0 Å². The maximum Gasteiger partial charge on any atom is 0.417 e. The summed E-state index contributed by atoms with van der Waals surface area (Å²) in [6, 6.07) is 8.35. The van der Waals surface area contributed by atoms with Crippen molar-refractivity contribution in [2.75, 3.05) is 12.5 Å². The third-order valence-electron chi connectivity index (χ3n) is 5.68. The molecule has 1 aromatic carbocycles. The number of rotatable bonds is 7. The maximum absolute atomic E-state index is 14.2. The van der Waals surface area contributed by atoms with Crippen LogP contribution in [-0.2, 0) is 31.5 Å². The van der Waals surface area contributed by atoms with Crippen molar-refractivity contribution < 1.29 is 35.1 Å². The van der Waals surface area contributed by atoms with Crippen LogP contribution in [0.1, 0.15) is 31.5 Å². The van der Waals surface area contributed by atoms with E-state index in [1.54, 1.807) is 0 Å². The van der Waals surface area contributed by atoms with Gasteiger partial charge in [0.25, 0.3) is 0 Å². The molecular formula is C22H25F3N2O5S2. The maximum atomic E-state index is 14.2. The SMILES string of the molecule is CC(C)(C[C@@](O)(Cc1cc2cc(S(C)(=O)=O)ncc2[nH]1)C(F)(F)F)c1ccccc1S(C)(=O)=O. The van der Waals surface area contributed by atoms with Crippen LogP contribution in [0.5, 0.6) is 0 Å². The lowest BCUT2D eigenvalue weighted by molar-refractivity contribution is -0.266. The van der Waals surface area contributed by atoms with E-state index in [0.29, 0.717) is 10.9 Å². The molecule has 0 radical (unpaired) electrons. The Bertz CT molecular complexity index is 1440. The third kappa shape index (κ3) is 5.28. The number of nitrogens with zero attached hydrogens (tertiary/aromatic N) is 1. The van der Waals surface area contributed by atoms with Crippen molar-refractivity contribution in [3.05, 3.63) is 53.9 Å². The summed E-state index contributed by atoms with van der Waals surface area (Å²) >= 11 is 0. The van der Waals surface area contributed by atoms with E-state index in [9.17, 15) is 35.1 Å². The first kappa shape index (κ1) is 26.2. The van der Waals surface area contributed by atoms with Crippen molar-refractivity contribution in [3.8, 4) is 0 Å². The summed E-state index contributed by atoms with van der Waals surface area (Å²) in [7, 11) is -7.34. The molecular weight excluding hydrogens is 493 g/mol. The fourth-order valence-corrected chi connectivity index (χ4v) is 5.78. The predicted molar refractivity (Wildman–Crippen MR) is 121 cm³/mol. The van der Waals surface area contributed by atoms with E-state index < -0.39 is 49.7 Å². The molecule has 2 N–H and O–H groups in total. The molecule has 0 aliphatic carbocycles. The topological polar surface area (TPSA) is 117 Å². The number of halogens is 3. The molecule has 12 heteroatoms. The summed E-state index contributed by atoms with van der Waals surface area (Å²) in [5.41, 5.74) is -4.09. The highest BCUT2D eigenvalue weighted by Gasteiger charge is 2.56. The van der Waals surface area contributed by atoms with Crippen LogP contribution < -0.4 is 0 Å². The Hall–Kier alpha value is -2.44. The Morgan fingerprint density at radius 3 is 2.18 bits per heavy atom. The molecule has 0 bridgehead atoms. The molecule has 1 atom stereocenters. The van der Waals surface area contributed by atoms with Crippen molar-refractivity contribution in [3.63, 3.8) is 0 Å². The summed E-state index contributed by atoms with van der Waals surface area (Å²) in [6.45, 7) is 2.89. The lowest BCUT2D eigenvalue weighted by atomic mass is 9.73. The van der Waals surface area contributed by atoms with Crippen molar-refractivity contribution in [2.45, 2.75) is 53.8 Å². The quantitative estimate of drug-likeness (QED) is 0.494. The molecule has 0 aliphatic heterocycles. The highest BCUT2D eigenvalue weighted by molar-refractivity contribution is 7.91. The largest absolute Gasteiger partial charge is 0.417 e. The summed E-state index contributed by atoms with van der Waals surface area (Å²) in [5, 5.41) is 11.0. The van der Waals surface area contributed by atoms with Crippen LogP contribution in [0.15, 0.2) is 52.5 Å². The first-order valence-corrected chi connectivity index (χ1v) is 13.9. The van der Waals surface area contributed by atoms with E-state index in [4.69, 9.17) is 0 Å². The number of H-pyrrole nitrogens is 1. The van der Waals surface area contributed by atoms with Gasteiger partial charge in [0.1, 0.15) is 0 Å². The van der Waals surface area contributed by atoms with Gasteiger partial charge in [-0.05, 0) is 35.6 Å². The molecule has 0 fully saturated rings. The van der Waals surface area contributed by atoms with Gasteiger partial charge in [0.15, 0.2) is 30.3 Å². The second kappa shape index (κ2) is 8.35. The van der Waals surface area contributed by atoms with Crippen LogP contribution in [0.2, 0.25) is 0 Å². The molecule has 7 nitrogen and oxygen atoms in total. The van der Waals surface area contributed by atoms with E-state index in [1.807, 2.05) is 0 Å². The Labute approximate surface area is 195 Å². The summed E-state index contributed by atoms with van der Waals surface area (Å²) in [5.74, 6) is 0. The Balaban J connectivity index is 2.04. The molecule has 0 saturated carbocycles. The third-order valence-corrected chi connectivity index (χ3v) is 7.81. The number of alkyl halides is 3. The Morgan fingerprint density at radius 1 is 1.00 bits per heavy atom. The molecule has 2 heterocycles. The van der Waals surface area contributed by atoms with Gasteiger partial charge in [-0.25, -0.2) is 21.8 Å². The van der Waals surface area contributed by atoms with Gasteiger partial charge in [-0.2, -0.15) is 13.2 Å². The van der Waals surface area contributed by atoms with Gasteiger partial charge < -0.3 is 10.1 Å². The Morgan fingerprint density at radius 2 is 1.62 bits per heavy atom. The number of hydrogen-bond donors (Lipinski definition) is 2. The lowest BCUT2D eigenvalue weighted by Gasteiger charge is -2.38. The molecule has 34 heavy (non-hydrogen) atoms. The number of sulfone groups is 2. The van der Waals surface area contributed by atoms with Gasteiger partial charge in [-0.1, -0.05) is 32.0 Å². The first-order chi connectivity index (χ1) is 15.3. The highest BCUT2D eigenvalue weighted by Crippen LogP contribution is 2.44. The zero-order valence-corrected chi connectivity index (χ0v) is 20.6. The second-order valence-corrected chi connectivity index (χ2v) is 13.2. The first-order valence-electron chi connectivity index (χ1n) is 10.1. The van der Waals surface area contributed by atoms with Crippen LogP contribution in [-0.4, -0.2) is 56.2 Å². The summed E-state index contributed by atoms with van der Waals surface area (Å²) < 4.78 is 90.4. The van der Waals surface area contributed by atoms with Gasteiger partial charge in [-0.3, -0.25) is 0 Å². The monoisotopic (exact) mass is 518 g/mol. The summed E-state index contributed by atoms with van der Waals surface area (Å²) in [4.78, 5) is 6.46. The summed E-state index contributed by atoms with van der Waals surface area (Å²) in [6.07, 6.45) is -3.58. The van der Waals surface area contributed by atoms with Crippen LogP contribution >= 0.6 is 0 Å². The van der Waals surface area contributed by atoms with Crippen molar-refractivity contribution >= 4 is 30.6 Å². The van der Waals surface area contributed by atoms with Crippen molar-refractivity contribution in [1.82, 2.24) is 9.97 Å². The number of hydrogen-bond acceptors (Lipinski definition) is 6. The fourth-order valence-electron chi connectivity index (χ4n) is 4.12. The molecule has 0 unspecified atom stereocenters. The zero-order valence-electron chi connectivity index (χ0n) is 18.9. The van der Waals surface area contributed by atoms with Crippen molar-refractivity contribution in [1.29, 1.82) is 0 Å². The smallest absolute Gasteiger partial charge is 0.380 e. The fraction of sp³-hybridized carbons (Fsp3) is 0.409. The van der Waals surface area contributed by atoms with E-state index in [2.05, 4.69) is 9.97 Å². The van der Waals surface area contributed by atoms with E-state index >= 15 is 0 Å². The zero-order chi connectivity index (χ0) is 25.7. The van der Waals surface area contributed by atoms with Gasteiger partial charge in [-0.15, -0.1) is 0 Å². The minimum absolute atomic E-state index is 0.0227. The van der Waals surface area contributed by atoms with Crippen LogP contribution in [0.3, 0.4) is 0 Å². The van der Waals surface area contributed by atoms with E-state index in [1.165, 1.54) is 56.4 Å². The van der Waals surface area contributed by atoms with Crippen LogP contribution in [0.4, 0.5) is 13.2 Å². The average molecular weight is 519 g/mol. The normalized spacial score (nSPS) is 15.4. The number of benzene rings is 1. The molecule has 2 aromatic heterocycles. The van der Waals surface area contributed by atoms with Gasteiger partial charge in [0.2, 0.25) is 0 Å². The molecule has 3 rings (SSSR count). The second-order valence-electron chi connectivity index (χ2n) is 9.21. The van der Waals surface area contributed by atoms with Crippen LogP contribution in [0, 0.1) is 0 Å². The molecule has 186 valence electrons. The molecule has 0 aliphatic rings. The highest BCUT2D eigenvalue weighted by atomic mass is 32.2. The lowest BCUT2D eigenvalue weighted by Crippen LogP contribution is -2.51. The standard InChI is InChI=1S/C22H25F3N2O5S2/c1-20(2,16-7-5-6-8-18(16)33(3,29)30)13-21(28,22(23,24)25)11-15-9-14-10-19(34(4,31)32)26-12-17(14)27-15/h5-10,12,27-28H,11,13H2,1-4H3/t21-/m0/s1. The number of nitrogens with one attached hydrogen (secondary N) is 1. The molecule has 0 spiro atoms. The van der Waals surface area contributed by atoms with Gasteiger partial charge >= 0.3 is 6.18 Å². The number of aliphatic hydroxyl groups is 1. The van der Waals surface area contributed by atoms with Gasteiger partial charge in [0.05, 0.1) is 16.6 Å².